The zero-order chi connectivity index (χ0) is 9.31. The molecule has 1 aliphatic carbocycles. The van der Waals surface area contributed by atoms with Crippen molar-refractivity contribution in [3.63, 3.8) is 0 Å². The third-order valence-corrected chi connectivity index (χ3v) is 2.91. The van der Waals surface area contributed by atoms with Gasteiger partial charge in [-0.15, -0.1) is 0 Å². The lowest BCUT2D eigenvalue weighted by molar-refractivity contribution is -0.154. The fourth-order valence-electron chi connectivity index (χ4n) is 2.26. The van der Waals surface area contributed by atoms with E-state index in [9.17, 15) is 4.79 Å². The van der Waals surface area contributed by atoms with Crippen LogP contribution in [0.25, 0.3) is 0 Å². The van der Waals surface area contributed by atoms with Gasteiger partial charge in [-0.1, -0.05) is 0 Å². The predicted molar refractivity (Wildman–Crippen MR) is 47.3 cm³/mol. The molecule has 0 aromatic carbocycles. The molecule has 13 heavy (non-hydrogen) atoms. The van der Waals surface area contributed by atoms with Crippen molar-refractivity contribution in [1.29, 1.82) is 0 Å². The van der Waals surface area contributed by atoms with Crippen molar-refractivity contribution in [3.05, 3.63) is 0 Å². The summed E-state index contributed by atoms with van der Waals surface area (Å²) >= 11 is 0. The minimum Gasteiger partial charge on any atom is -0.348 e. The molecule has 0 bridgehead atoms. The Bertz CT molecular complexity index is 206. The summed E-state index contributed by atoms with van der Waals surface area (Å²) in [6.07, 6.45) is 3.36. The molecule has 0 spiro atoms. The molecule has 0 radical (unpaired) electrons. The molecule has 1 saturated heterocycles. The molecule has 1 aliphatic heterocycles. The number of Topliss-reactive ketones (excluding diaryl/α,β-unsaturated/α-hetero) is 1. The van der Waals surface area contributed by atoms with Crippen molar-refractivity contribution in [2.45, 2.75) is 38.4 Å². The van der Waals surface area contributed by atoms with Gasteiger partial charge in [-0.25, -0.2) is 0 Å². The topological polar surface area (TPSA) is 35.5 Å². The monoisotopic (exact) mass is 184 g/mol. The zero-order valence-corrected chi connectivity index (χ0v) is 8.04. The van der Waals surface area contributed by atoms with Crippen LogP contribution in [0.2, 0.25) is 0 Å². The summed E-state index contributed by atoms with van der Waals surface area (Å²) in [5.74, 6) is 0.470. The summed E-state index contributed by atoms with van der Waals surface area (Å²) in [6, 6.07) is 0. The predicted octanol–water partition coefficient (Wildman–Crippen LogP) is 1.51. The van der Waals surface area contributed by atoms with E-state index in [0.29, 0.717) is 24.9 Å². The Morgan fingerprint density at radius 3 is 2.69 bits per heavy atom. The Balaban J connectivity index is 1.86. The van der Waals surface area contributed by atoms with E-state index in [0.717, 1.165) is 25.7 Å². The van der Waals surface area contributed by atoms with Crippen LogP contribution in [0.4, 0.5) is 0 Å². The quantitative estimate of drug-likeness (QED) is 0.652. The summed E-state index contributed by atoms with van der Waals surface area (Å²) in [5.41, 5.74) is 0. The fourth-order valence-corrected chi connectivity index (χ4v) is 2.26. The molecule has 2 rings (SSSR count). The normalized spacial score (nSPS) is 32.7. The van der Waals surface area contributed by atoms with Crippen molar-refractivity contribution < 1.29 is 14.3 Å². The molecule has 1 atom stereocenters. The Kier molecular flexibility index (Phi) is 2.39. The van der Waals surface area contributed by atoms with Gasteiger partial charge in [-0.3, -0.25) is 4.79 Å². The molecule has 2 aliphatic rings. The van der Waals surface area contributed by atoms with Crippen LogP contribution >= 0.6 is 0 Å². The number of rotatable bonds is 2. The SMILES string of the molecule is CC1(CC2CCC(=O)C2)OCCO1. The van der Waals surface area contributed by atoms with Crippen LogP contribution in [0, 0.1) is 5.92 Å². The lowest BCUT2D eigenvalue weighted by Gasteiger charge is -2.25. The van der Waals surface area contributed by atoms with Crippen molar-refractivity contribution in [2.24, 2.45) is 5.92 Å². The van der Waals surface area contributed by atoms with Crippen LogP contribution in [-0.4, -0.2) is 24.8 Å². The van der Waals surface area contributed by atoms with Gasteiger partial charge in [-0.05, 0) is 19.3 Å². The van der Waals surface area contributed by atoms with E-state index in [-0.39, 0.29) is 0 Å². The first-order chi connectivity index (χ1) is 6.18. The number of carbonyl (C=O) groups excluding carboxylic acids is 1. The smallest absolute Gasteiger partial charge is 0.166 e. The van der Waals surface area contributed by atoms with Gasteiger partial charge in [0, 0.05) is 19.3 Å². The summed E-state index contributed by atoms with van der Waals surface area (Å²) < 4.78 is 11.0. The van der Waals surface area contributed by atoms with Gasteiger partial charge in [0.25, 0.3) is 0 Å². The average molecular weight is 184 g/mol. The van der Waals surface area contributed by atoms with E-state index < -0.39 is 5.79 Å². The van der Waals surface area contributed by atoms with E-state index >= 15 is 0 Å². The number of hydrogen-bond acceptors (Lipinski definition) is 3. The van der Waals surface area contributed by atoms with Crippen LogP contribution in [0.5, 0.6) is 0 Å². The van der Waals surface area contributed by atoms with Crippen LogP contribution < -0.4 is 0 Å². The van der Waals surface area contributed by atoms with E-state index in [1.54, 1.807) is 0 Å². The highest BCUT2D eigenvalue weighted by Crippen LogP contribution is 2.34. The van der Waals surface area contributed by atoms with Crippen LogP contribution in [0.3, 0.4) is 0 Å². The second-order valence-electron chi connectivity index (χ2n) is 4.18. The number of ketones is 1. The summed E-state index contributed by atoms with van der Waals surface area (Å²) in [5, 5.41) is 0. The van der Waals surface area contributed by atoms with Crippen LogP contribution in [0.1, 0.15) is 32.6 Å². The average Bonchev–Trinajstić information content (AvgIpc) is 2.62. The number of ether oxygens (including phenoxy) is 2. The van der Waals surface area contributed by atoms with Gasteiger partial charge >= 0.3 is 0 Å². The van der Waals surface area contributed by atoms with Crippen molar-refractivity contribution in [2.75, 3.05) is 13.2 Å². The maximum absolute atomic E-state index is 11.0. The van der Waals surface area contributed by atoms with E-state index in [2.05, 4.69) is 0 Å². The molecule has 0 amide bonds. The van der Waals surface area contributed by atoms with E-state index in [1.165, 1.54) is 0 Å². The third kappa shape index (κ3) is 2.09. The molecule has 0 N–H and O–H groups in total. The molecule has 3 nitrogen and oxygen atoms in total. The Hall–Kier alpha value is -0.410. The van der Waals surface area contributed by atoms with Crippen molar-refractivity contribution in [3.8, 4) is 0 Å². The highest BCUT2D eigenvalue weighted by Gasteiger charge is 2.36. The lowest BCUT2D eigenvalue weighted by atomic mass is 9.98. The molecule has 74 valence electrons. The molecule has 0 aromatic rings. The Morgan fingerprint density at radius 2 is 2.15 bits per heavy atom. The first-order valence-corrected chi connectivity index (χ1v) is 4.98. The molecule has 0 aromatic heterocycles. The maximum atomic E-state index is 11.0. The lowest BCUT2D eigenvalue weighted by Crippen LogP contribution is -2.28. The molecular formula is C10H16O3. The third-order valence-electron chi connectivity index (χ3n) is 2.91. The van der Waals surface area contributed by atoms with Gasteiger partial charge in [0.05, 0.1) is 13.2 Å². The van der Waals surface area contributed by atoms with Gasteiger partial charge < -0.3 is 9.47 Å². The minimum absolute atomic E-state index is 0.395. The van der Waals surface area contributed by atoms with Gasteiger partial charge in [0.15, 0.2) is 5.79 Å². The van der Waals surface area contributed by atoms with E-state index in [1.807, 2.05) is 6.92 Å². The molecule has 1 heterocycles. The minimum atomic E-state index is -0.407. The van der Waals surface area contributed by atoms with Crippen molar-refractivity contribution in [1.82, 2.24) is 0 Å². The van der Waals surface area contributed by atoms with Gasteiger partial charge in [0.2, 0.25) is 0 Å². The fraction of sp³-hybridized carbons (Fsp3) is 0.900. The van der Waals surface area contributed by atoms with Crippen molar-refractivity contribution >= 4 is 5.78 Å². The van der Waals surface area contributed by atoms with Crippen LogP contribution in [-0.2, 0) is 14.3 Å². The number of hydrogen-bond donors (Lipinski definition) is 0. The second-order valence-corrected chi connectivity index (χ2v) is 4.18. The highest BCUT2D eigenvalue weighted by molar-refractivity contribution is 5.80. The standard InChI is InChI=1S/C10H16O3/c1-10(12-4-5-13-10)7-8-2-3-9(11)6-8/h8H,2-7H2,1H3. The Labute approximate surface area is 78.4 Å². The van der Waals surface area contributed by atoms with E-state index in [4.69, 9.17) is 9.47 Å². The maximum Gasteiger partial charge on any atom is 0.166 e. The highest BCUT2D eigenvalue weighted by atomic mass is 16.7. The largest absolute Gasteiger partial charge is 0.348 e. The number of carbonyl (C=O) groups is 1. The van der Waals surface area contributed by atoms with Gasteiger partial charge in [-0.2, -0.15) is 0 Å². The molecular weight excluding hydrogens is 168 g/mol. The first kappa shape index (κ1) is 9.16. The molecule has 1 saturated carbocycles. The summed E-state index contributed by atoms with van der Waals surface area (Å²) in [4.78, 5) is 11.0. The second kappa shape index (κ2) is 3.39. The molecule has 1 unspecified atom stereocenters. The molecule has 2 fully saturated rings. The Morgan fingerprint density at radius 1 is 1.46 bits per heavy atom. The van der Waals surface area contributed by atoms with Gasteiger partial charge in [0.1, 0.15) is 5.78 Å². The first-order valence-electron chi connectivity index (χ1n) is 4.98. The van der Waals surface area contributed by atoms with Crippen LogP contribution in [0.15, 0.2) is 0 Å². The summed E-state index contributed by atoms with van der Waals surface area (Å²) in [6.45, 7) is 3.36. The molecule has 3 heteroatoms. The zero-order valence-electron chi connectivity index (χ0n) is 8.04. The summed E-state index contributed by atoms with van der Waals surface area (Å²) in [7, 11) is 0.